The highest BCUT2D eigenvalue weighted by Crippen LogP contribution is 2.38. The second-order valence-electron chi connectivity index (χ2n) is 8.55. The summed E-state index contributed by atoms with van der Waals surface area (Å²) in [6.45, 7) is 6.32. The molecular formula is C23H30N6O5S. The summed E-state index contributed by atoms with van der Waals surface area (Å²) in [7, 11) is -0.841. The van der Waals surface area contributed by atoms with E-state index in [-0.39, 0.29) is 11.9 Å². The molecule has 35 heavy (non-hydrogen) atoms. The number of nitrogens with one attached hydrogen (secondary N) is 1. The van der Waals surface area contributed by atoms with E-state index in [1.807, 2.05) is 6.92 Å². The number of aryl methyl sites for hydroxylation is 1. The number of hydrogen-bond acceptors (Lipinski definition) is 9. The van der Waals surface area contributed by atoms with Gasteiger partial charge >= 0.3 is 0 Å². The molecule has 3 atom stereocenters. The van der Waals surface area contributed by atoms with Crippen molar-refractivity contribution in [3.63, 3.8) is 0 Å². The molecule has 1 saturated heterocycles. The normalized spacial score (nSPS) is 17.7. The average Bonchev–Trinajstić information content (AvgIpc) is 3.52. The van der Waals surface area contributed by atoms with Crippen molar-refractivity contribution >= 4 is 16.0 Å². The number of ether oxygens (including phenoxy) is 3. The summed E-state index contributed by atoms with van der Waals surface area (Å²) in [5, 5.41) is 7.72. The van der Waals surface area contributed by atoms with Crippen molar-refractivity contribution in [3.8, 4) is 17.2 Å². The third kappa shape index (κ3) is 4.94. The number of para-hydroxylation sites is 1. The summed E-state index contributed by atoms with van der Waals surface area (Å²) in [4.78, 5) is 8.61. The number of sulfonamides is 1. The van der Waals surface area contributed by atoms with E-state index in [0.717, 1.165) is 12.0 Å². The SMILES string of the molecule is COc1cccc(OC)c1-n1c(NS(=O)(=O)[C@@H](C)[C@H](C)c2ncc(C)cn2)nnc1C1CCOC1. The molecule has 4 rings (SSSR count). The summed E-state index contributed by atoms with van der Waals surface area (Å²) >= 11 is 0. The lowest BCUT2D eigenvalue weighted by atomic mass is 10.1. The monoisotopic (exact) mass is 502 g/mol. The maximum atomic E-state index is 13.5. The first-order chi connectivity index (χ1) is 16.8. The lowest BCUT2D eigenvalue weighted by Gasteiger charge is -2.22. The van der Waals surface area contributed by atoms with Crippen LogP contribution in [0.1, 0.15) is 49.3 Å². The molecule has 3 heterocycles. The van der Waals surface area contributed by atoms with Gasteiger partial charge in [-0.1, -0.05) is 13.0 Å². The van der Waals surface area contributed by atoms with Gasteiger partial charge in [0.1, 0.15) is 28.8 Å². The molecule has 12 heteroatoms. The standard InChI is InChI=1S/C23H30N6O5S/c1-14-11-24-21(25-12-14)15(2)16(3)35(30,31)28-23-27-26-22(17-9-10-34-13-17)29(23)20-18(32-4)7-6-8-19(20)33-5/h6-8,11-12,15-17H,9-10,13H2,1-5H3,(H,27,28)/t15-,16-,17?/m0/s1. The van der Waals surface area contributed by atoms with Gasteiger partial charge in [-0.3, -0.25) is 9.29 Å². The molecule has 3 aromatic rings. The van der Waals surface area contributed by atoms with E-state index in [0.29, 0.717) is 42.0 Å². The lowest BCUT2D eigenvalue weighted by Crippen LogP contribution is -2.31. The highest BCUT2D eigenvalue weighted by atomic mass is 32.2. The molecule has 2 aromatic heterocycles. The van der Waals surface area contributed by atoms with Gasteiger partial charge in [-0.2, -0.15) is 0 Å². The Hall–Kier alpha value is -3.25. The number of rotatable bonds is 9. The Balaban J connectivity index is 1.76. The molecule has 0 amide bonds. The molecule has 0 saturated carbocycles. The van der Waals surface area contributed by atoms with Crippen LogP contribution in [0.5, 0.6) is 11.5 Å². The van der Waals surface area contributed by atoms with Crippen molar-refractivity contribution in [2.75, 3.05) is 32.2 Å². The van der Waals surface area contributed by atoms with Crippen LogP contribution >= 0.6 is 0 Å². The quantitative estimate of drug-likeness (QED) is 0.469. The fraction of sp³-hybridized carbons (Fsp3) is 0.478. The van der Waals surface area contributed by atoms with Gasteiger partial charge in [-0.15, -0.1) is 10.2 Å². The first kappa shape index (κ1) is 24.9. The minimum absolute atomic E-state index is 0.0403. The summed E-state index contributed by atoms with van der Waals surface area (Å²) in [5.74, 6) is 1.49. The van der Waals surface area contributed by atoms with Gasteiger partial charge in [0.25, 0.3) is 0 Å². The smallest absolute Gasteiger partial charge is 0.243 e. The maximum absolute atomic E-state index is 13.5. The van der Waals surface area contributed by atoms with Gasteiger partial charge < -0.3 is 14.2 Å². The molecule has 188 valence electrons. The van der Waals surface area contributed by atoms with Crippen LogP contribution in [0.4, 0.5) is 5.95 Å². The van der Waals surface area contributed by atoms with Crippen molar-refractivity contribution < 1.29 is 22.6 Å². The van der Waals surface area contributed by atoms with Crippen LogP contribution in [-0.4, -0.2) is 65.8 Å². The van der Waals surface area contributed by atoms with E-state index in [4.69, 9.17) is 14.2 Å². The molecule has 0 radical (unpaired) electrons. The van der Waals surface area contributed by atoms with Crippen molar-refractivity contribution in [3.05, 3.63) is 47.8 Å². The highest BCUT2D eigenvalue weighted by Gasteiger charge is 2.34. The molecule has 1 unspecified atom stereocenters. The first-order valence-corrected chi connectivity index (χ1v) is 12.9. The van der Waals surface area contributed by atoms with Crippen LogP contribution in [0.15, 0.2) is 30.6 Å². The molecule has 1 N–H and O–H groups in total. The Kier molecular flexibility index (Phi) is 7.22. The van der Waals surface area contributed by atoms with Crippen LogP contribution in [-0.2, 0) is 14.8 Å². The zero-order valence-corrected chi connectivity index (χ0v) is 21.2. The van der Waals surface area contributed by atoms with Gasteiger partial charge in [0.15, 0.2) is 0 Å². The van der Waals surface area contributed by atoms with Crippen molar-refractivity contribution in [2.45, 2.75) is 44.3 Å². The van der Waals surface area contributed by atoms with E-state index in [1.165, 1.54) is 14.2 Å². The summed E-state index contributed by atoms with van der Waals surface area (Å²) in [5.41, 5.74) is 1.40. The average molecular weight is 503 g/mol. The van der Waals surface area contributed by atoms with E-state index in [1.54, 1.807) is 49.0 Å². The second-order valence-corrected chi connectivity index (χ2v) is 10.6. The van der Waals surface area contributed by atoms with Gasteiger partial charge in [0, 0.05) is 30.8 Å². The molecule has 11 nitrogen and oxygen atoms in total. The van der Waals surface area contributed by atoms with Crippen molar-refractivity contribution in [2.24, 2.45) is 0 Å². The molecule has 1 aromatic carbocycles. The number of anilines is 1. The predicted molar refractivity (Wildman–Crippen MR) is 130 cm³/mol. The molecule has 0 spiro atoms. The largest absolute Gasteiger partial charge is 0.494 e. The third-order valence-corrected chi connectivity index (χ3v) is 8.10. The summed E-state index contributed by atoms with van der Waals surface area (Å²) in [6, 6.07) is 5.33. The maximum Gasteiger partial charge on any atom is 0.243 e. The summed E-state index contributed by atoms with van der Waals surface area (Å²) in [6.07, 6.45) is 4.08. The highest BCUT2D eigenvalue weighted by molar-refractivity contribution is 7.93. The van der Waals surface area contributed by atoms with Crippen LogP contribution in [0.25, 0.3) is 5.69 Å². The Bertz CT molecular complexity index is 1250. The van der Waals surface area contributed by atoms with Crippen LogP contribution < -0.4 is 14.2 Å². The fourth-order valence-corrected chi connectivity index (χ4v) is 5.21. The molecule has 1 aliphatic heterocycles. The number of aromatic nitrogens is 5. The topological polar surface area (TPSA) is 130 Å². The molecule has 0 aliphatic carbocycles. The first-order valence-electron chi connectivity index (χ1n) is 11.3. The van der Waals surface area contributed by atoms with Gasteiger partial charge in [-0.25, -0.2) is 18.4 Å². The Morgan fingerprint density at radius 2 is 1.77 bits per heavy atom. The lowest BCUT2D eigenvalue weighted by molar-refractivity contribution is 0.193. The van der Waals surface area contributed by atoms with Crippen LogP contribution in [0, 0.1) is 6.92 Å². The minimum atomic E-state index is -3.92. The van der Waals surface area contributed by atoms with Crippen LogP contribution in [0.2, 0.25) is 0 Å². The van der Waals surface area contributed by atoms with E-state index in [9.17, 15) is 8.42 Å². The van der Waals surface area contributed by atoms with Gasteiger partial charge in [0.2, 0.25) is 16.0 Å². The summed E-state index contributed by atoms with van der Waals surface area (Å²) < 4.78 is 48.0. The Labute approximate surface area is 204 Å². The fourth-order valence-electron chi connectivity index (χ4n) is 3.97. The number of benzene rings is 1. The van der Waals surface area contributed by atoms with Crippen LogP contribution in [0.3, 0.4) is 0 Å². The molecule has 1 fully saturated rings. The second kappa shape index (κ2) is 10.2. The number of nitrogens with zero attached hydrogens (tertiary/aromatic N) is 5. The molecular weight excluding hydrogens is 472 g/mol. The van der Waals surface area contributed by atoms with E-state index >= 15 is 0 Å². The number of methoxy groups -OCH3 is 2. The van der Waals surface area contributed by atoms with Crippen molar-refractivity contribution in [1.82, 2.24) is 24.7 Å². The van der Waals surface area contributed by atoms with Crippen molar-refractivity contribution in [1.29, 1.82) is 0 Å². The Morgan fingerprint density at radius 1 is 1.11 bits per heavy atom. The number of hydrogen-bond donors (Lipinski definition) is 1. The third-order valence-electron chi connectivity index (χ3n) is 6.24. The van der Waals surface area contributed by atoms with Gasteiger partial charge in [0.05, 0.1) is 26.1 Å². The molecule has 0 bridgehead atoms. The Morgan fingerprint density at radius 3 is 2.34 bits per heavy atom. The zero-order chi connectivity index (χ0) is 25.2. The minimum Gasteiger partial charge on any atom is -0.494 e. The van der Waals surface area contributed by atoms with E-state index < -0.39 is 21.2 Å². The predicted octanol–water partition coefficient (Wildman–Crippen LogP) is 2.82. The zero-order valence-electron chi connectivity index (χ0n) is 20.4. The van der Waals surface area contributed by atoms with E-state index in [2.05, 4.69) is 24.9 Å². The molecule has 1 aliphatic rings. The van der Waals surface area contributed by atoms with Gasteiger partial charge in [-0.05, 0) is 38.0 Å².